The summed E-state index contributed by atoms with van der Waals surface area (Å²) in [5.74, 6) is -1.32. The van der Waals surface area contributed by atoms with Crippen LogP contribution in [0.5, 0.6) is 0 Å². The Morgan fingerprint density at radius 3 is 2.78 bits per heavy atom. The molecule has 5 nitrogen and oxygen atoms in total. The number of halogens is 2. The Morgan fingerprint density at radius 1 is 1.50 bits per heavy atom. The summed E-state index contributed by atoms with van der Waals surface area (Å²) in [6.45, 7) is 0. The molecule has 0 spiro atoms. The molecule has 0 aromatic carbocycles. The molecule has 1 aliphatic carbocycles. The highest BCUT2D eigenvalue weighted by atomic mass is 19.3. The number of alkyl halides is 2. The van der Waals surface area contributed by atoms with Gasteiger partial charge in [-0.1, -0.05) is 0 Å². The van der Waals surface area contributed by atoms with Gasteiger partial charge in [0.15, 0.2) is 5.65 Å². The van der Waals surface area contributed by atoms with Crippen LogP contribution < -0.4 is 5.11 Å². The van der Waals surface area contributed by atoms with Crippen LogP contribution in [0.1, 0.15) is 46.9 Å². The van der Waals surface area contributed by atoms with Crippen LogP contribution in [0.25, 0.3) is 5.65 Å². The minimum Gasteiger partial charge on any atom is -0.545 e. The molecule has 94 valence electrons. The van der Waals surface area contributed by atoms with E-state index in [1.54, 1.807) is 0 Å². The molecule has 7 heteroatoms. The summed E-state index contributed by atoms with van der Waals surface area (Å²) in [7, 11) is 0. The second kappa shape index (κ2) is 3.72. The number of carbonyl (C=O) groups excluding carboxylic acids is 1. The predicted octanol–water partition coefficient (Wildman–Crippen LogP) is 0.908. The molecule has 0 unspecified atom stereocenters. The minimum absolute atomic E-state index is 0.0744. The first-order valence-corrected chi connectivity index (χ1v) is 5.46. The van der Waals surface area contributed by atoms with Gasteiger partial charge in [0.05, 0.1) is 17.7 Å². The fraction of sp³-hybridized carbons (Fsp3) is 0.364. The first-order valence-electron chi connectivity index (χ1n) is 5.46. The van der Waals surface area contributed by atoms with Gasteiger partial charge < -0.3 is 9.90 Å². The van der Waals surface area contributed by atoms with Crippen LogP contribution in [0.4, 0.5) is 8.78 Å². The molecule has 1 aliphatic rings. The first kappa shape index (κ1) is 11.1. The van der Waals surface area contributed by atoms with Gasteiger partial charge in [-0.05, 0) is 18.9 Å². The van der Waals surface area contributed by atoms with Crippen molar-refractivity contribution >= 4 is 11.6 Å². The Bertz CT molecular complexity index is 634. The highest BCUT2D eigenvalue weighted by molar-refractivity contribution is 5.92. The average Bonchev–Trinajstić information content (AvgIpc) is 3.07. The Hall–Kier alpha value is -2.05. The number of hydrogen-bond donors (Lipinski definition) is 0. The summed E-state index contributed by atoms with van der Waals surface area (Å²) >= 11 is 0. The van der Waals surface area contributed by atoms with Crippen LogP contribution in [0.3, 0.4) is 0 Å². The third kappa shape index (κ3) is 1.62. The van der Waals surface area contributed by atoms with Crippen molar-refractivity contribution in [2.24, 2.45) is 0 Å². The van der Waals surface area contributed by atoms with E-state index in [4.69, 9.17) is 0 Å². The molecule has 2 aromatic heterocycles. The maximum Gasteiger partial charge on any atom is 0.280 e. The molecule has 0 bridgehead atoms. The Morgan fingerprint density at radius 2 is 2.22 bits per heavy atom. The van der Waals surface area contributed by atoms with E-state index < -0.39 is 12.4 Å². The molecule has 18 heavy (non-hydrogen) atoms. The molecule has 1 saturated carbocycles. The number of carboxylic acids is 1. The van der Waals surface area contributed by atoms with Gasteiger partial charge in [0.2, 0.25) is 0 Å². The molecule has 2 heterocycles. The van der Waals surface area contributed by atoms with Crippen molar-refractivity contribution in [3.8, 4) is 0 Å². The van der Waals surface area contributed by atoms with E-state index in [1.807, 2.05) is 0 Å². The maximum atomic E-state index is 12.9. The molecular weight excluding hydrogens is 244 g/mol. The third-order valence-electron chi connectivity index (χ3n) is 2.96. The number of aromatic nitrogens is 3. The molecule has 0 saturated heterocycles. The molecule has 0 amide bonds. The van der Waals surface area contributed by atoms with Crippen molar-refractivity contribution in [2.45, 2.75) is 25.2 Å². The van der Waals surface area contributed by atoms with E-state index in [0.29, 0.717) is 5.69 Å². The summed E-state index contributed by atoms with van der Waals surface area (Å²) in [4.78, 5) is 15.0. The van der Waals surface area contributed by atoms with Crippen LogP contribution >= 0.6 is 0 Å². The highest BCUT2D eigenvalue weighted by Gasteiger charge is 2.28. The van der Waals surface area contributed by atoms with Gasteiger partial charge in [0.1, 0.15) is 5.69 Å². The zero-order chi connectivity index (χ0) is 12.9. The highest BCUT2D eigenvalue weighted by Crippen LogP contribution is 2.40. The Kier molecular flexibility index (Phi) is 2.29. The molecular formula is C11H8F2N3O2-. The van der Waals surface area contributed by atoms with Gasteiger partial charge in [-0.3, -0.25) is 0 Å². The number of carbonyl (C=O) groups is 1. The van der Waals surface area contributed by atoms with Crippen molar-refractivity contribution in [3.05, 3.63) is 29.2 Å². The fourth-order valence-electron chi connectivity index (χ4n) is 1.89. The van der Waals surface area contributed by atoms with Crippen molar-refractivity contribution in [2.75, 3.05) is 0 Å². The van der Waals surface area contributed by atoms with Crippen molar-refractivity contribution in [1.82, 2.24) is 14.6 Å². The quantitative estimate of drug-likeness (QED) is 0.814. The number of nitrogens with zero attached hydrogens (tertiary/aromatic N) is 3. The second-order valence-corrected chi connectivity index (χ2v) is 4.26. The normalized spacial score (nSPS) is 15.5. The smallest absolute Gasteiger partial charge is 0.280 e. The van der Waals surface area contributed by atoms with E-state index in [2.05, 4.69) is 10.1 Å². The van der Waals surface area contributed by atoms with Crippen LogP contribution in [-0.2, 0) is 0 Å². The van der Waals surface area contributed by atoms with E-state index >= 15 is 0 Å². The summed E-state index contributed by atoms with van der Waals surface area (Å²) in [5, 5.41) is 14.5. The van der Waals surface area contributed by atoms with Gasteiger partial charge in [-0.2, -0.15) is 5.10 Å². The van der Waals surface area contributed by atoms with E-state index in [9.17, 15) is 18.7 Å². The zero-order valence-corrected chi connectivity index (χ0v) is 9.14. The summed E-state index contributed by atoms with van der Waals surface area (Å²) in [6, 6.07) is 1.29. The molecule has 2 aromatic rings. The van der Waals surface area contributed by atoms with Gasteiger partial charge in [-0.25, -0.2) is 18.3 Å². The van der Waals surface area contributed by atoms with E-state index in [0.717, 1.165) is 23.6 Å². The number of rotatable bonds is 3. The molecule has 3 rings (SSSR count). The monoisotopic (exact) mass is 252 g/mol. The fourth-order valence-corrected chi connectivity index (χ4v) is 1.89. The van der Waals surface area contributed by atoms with Gasteiger partial charge in [0, 0.05) is 11.6 Å². The first-order chi connectivity index (χ1) is 8.58. The van der Waals surface area contributed by atoms with Crippen LogP contribution in [0.15, 0.2) is 12.3 Å². The summed E-state index contributed by atoms with van der Waals surface area (Å²) in [5.41, 5.74) is -0.177. The lowest BCUT2D eigenvalue weighted by atomic mass is 10.2. The van der Waals surface area contributed by atoms with Crippen molar-refractivity contribution in [1.29, 1.82) is 0 Å². The Balaban J connectivity index is 2.28. The summed E-state index contributed by atoms with van der Waals surface area (Å²) in [6.07, 6.45) is 0.0316. The van der Waals surface area contributed by atoms with E-state index in [1.165, 1.54) is 6.07 Å². The van der Waals surface area contributed by atoms with Crippen molar-refractivity contribution in [3.63, 3.8) is 0 Å². The minimum atomic E-state index is -2.73. The number of aromatic carboxylic acids is 1. The summed E-state index contributed by atoms with van der Waals surface area (Å²) < 4.78 is 26.7. The van der Waals surface area contributed by atoms with Crippen LogP contribution in [-0.4, -0.2) is 20.6 Å². The molecule has 0 N–H and O–H groups in total. The van der Waals surface area contributed by atoms with Crippen LogP contribution in [0, 0.1) is 0 Å². The molecule has 0 aliphatic heterocycles. The average molecular weight is 252 g/mol. The Labute approximate surface area is 100 Å². The molecule has 0 radical (unpaired) electrons. The molecule has 1 fully saturated rings. The lowest BCUT2D eigenvalue weighted by Crippen LogP contribution is -2.22. The second-order valence-electron chi connectivity index (χ2n) is 4.26. The topological polar surface area (TPSA) is 70.3 Å². The lowest BCUT2D eigenvalue weighted by molar-refractivity contribution is -0.254. The zero-order valence-electron chi connectivity index (χ0n) is 9.14. The number of hydrogen-bond acceptors (Lipinski definition) is 4. The standard InChI is InChI=1S/C11H9F2N3O2/c12-9(13)8-3-7(5-1-2-5)15-10-6(11(17)18)4-14-16(8)10/h3-5,9H,1-2H2,(H,17,18)/p-1. The molecule has 0 atom stereocenters. The van der Waals surface area contributed by atoms with Gasteiger partial charge in [0.25, 0.3) is 6.43 Å². The van der Waals surface area contributed by atoms with Crippen molar-refractivity contribution < 1.29 is 18.7 Å². The predicted molar refractivity (Wildman–Crippen MR) is 54.2 cm³/mol. The van der Waals surface area contributed by atoms with Gasteiger partial charge >= 0.3 is 0 Å². The van der Waals surface area contributed by atoms with Gasteiger partial charge in [-0.15, -0.1) is 0 Å². The largest absolute Gasteiger partial charge is 0.545 e. The SMILES string of the molecule is O=C([O-])c1cnn2c(C(F)F)cc(C3CC3)nc12. The maximum absolute atomic E-state index is 12.9. The number of fused-ring (bicyclic) bond motifs is 1. The van der Waals surface area contributed by atoms with E-state index in [-0.39, 0.29) is 22.8 Å². The number of carboxylic acid groups (broad SMARTS) is 1. The third-order valence-corrected chi connectivity index (χ3v) is 2.96. The van der Waals surface area contributed by atoms with Crippen LogP contribution in [0.2, 0.25) is 0 Å². The lowest BCUT2D eigenvalue weighted by Gasteiger charge is -2.07.